The molecule has 1 fully saturated rings. The summed E-state index contributed by atoms with van der Waals surface area (Å²) in [6.07, 6.45) is 3.70. The Labute approximate surface area is 139 Å². The van der Waals surface area contributed by atoms with E-state index in [1.807, 2.05) is 24.3 Å². The molecule has 0 spiro atoms. The Hall–Kier alpha value is -1.36. The summed E-state index contributed by atoms with van der Waals surface area (Å²) in [5.41, 5.74) is 7.38. The molecule has 4 nitrogen and oxygen atoms in total. The predicted octanol–water partition coefficient (Wildman–Crippen LogP) is 3.01. The highest BCUT2D eigenvalue weighted by atomic mass is 32.2. The number of hydrogen-bond acceptors (Lipinski definition) is 4. The van der Waals surface area contributed by atoms with Crippen LogP contribution in [0.3, 0.4) is 0 Å². The van der Waals surface area contributed by atoms with Gasteiger partial charge in [-0.2, -0.15) is 0 Å². The molecule has 2 rings (SSSR count). The van der Waals surface area contributed by atoms with E-state index < -0.39 is 9.84 Å². The largest absolute Gasteiger partial charge is 0.399 e. The molecule has 0 heterocycles. The third kappa shape index (κ3) is 5.06. The minimum absolute atomic E-state index is 0.0643. The Morgan fingerprint density at radius 3 is 2.43 bits per heavy atom. The fraction of sp³-hybridized carbons (Fsp3) is 0.611. The molecule has 1 aromatic rings. The van der Waals surface area contributed by atoms with Crippen molar-refractivity contribution in [3.05, 3.63) is 29.8 Å². The zero-order valence-corrected chi connectivity index (χ0v) is 14.8. The summed E-state index contributed by atoms with van der Waals surface area (Å²) in [4.78, 5) is 12.4. The van der Waals surface area contributed by atoms with E-state index >= 15 is 0 Å². The summed E-state index contributed by atoms with van der Waals surface area (Å²) < 4.78 is 24.0. The van der Waals surface area contributed by atoms with Crippen LogP contribution < -0.4 is 5.73 Å². The molecule has 23 heavy (non-hydrogen) atoms. The number of nitrogen functional groups attached to an aromatic ring is 1. The molecule has 0 saturated heterocycles. The fourth-order valence-corrected chi connectivity index (χ4v) is 4.60. The van der Waals surface area contributed by atoms with Gasteiger partial charge in [-0.15, -0.1) is 0 Å². The van der Waals surface area contributed by atoms with Crippen LogP contribution in [0.15, 0.2) is 24.3 Å². The Balaban J connectivity index is 1.85. The van der Waals surface area contributed by atoms with E-state index in [0.29, 0.717) is 12.1 Å². The lowest BCUT2D eigenvalue weighted by Crippen LogP contribution is -2.29. The molecule has 5 heteroatoms. The first-order valence-electron chi connectivity index (χ1n) is 8.36. The number of Topliss-reactive ketones (excluding diaryl/α,β-unsaturated/α-hetero) is 1. The van der Waals surface area contributed by atoms with E-state index in [1.165, 1.54) is 0 Å². The molecule has 0 aliphatic heterocycles. The first-order valence-corrected chi connectivity index (χ1v) is 10.1. The van der Waals surface area contributed by atoms with Crippen LogP contribution in [-0.4, -0.2) is 25.2 Å². The van der Waals surface area contributed by atoms with Crippen molar-refractivity contribution < 1.29 is 13.2 Å². The van der Waals surface area contributed by atoms with Crippen molar-refractivity contribution in [1.82, 2.24) is 0 Å². The lowest BCUT2D eigenvalue weighted by atomic mass is 9.79. The minimum Gasteiger partial charge on any atom is -0.399 e. The average molecular weight is 337 g/mol. The molecule has 0 aromatic heterocycles. The summed E-state index contributed by atoms with van der Waals surface area (Å²) in [6, 6.07) is 7.45. The van der Waals surface area contributed by atoms with Gasteiger partial charge in [0.1, 0.15) is 5.78 Å². The molecule has 128 valence electrons. The van der Waals surface area contributed by atoms with Gasteiger partial charge in [0.15, 0.2) is 9.84 Å². The van der Waals surface area contributed by atoms with Crippen molar-refractivity contribution >= 4 is 21.3 Å². The van der Waals surface area contributed by atoms with Crippen LogP contribution in [-0.2, 0) is 21.1 Å². The molecule has 2 N–H and O–H groups in total. The quantitative estimate of drug-likeness (QED) is 0.810. The van der Waals surface area contributed by atoms with Gasteiger partial charge in [0.05, 0.1) is 11.0 Å². The van der Waals surface area contributed by atoms with E-state index in [-0.39, 0.29) is 28.6 Å². The first kappa shape index (κ1) is 18.0. The highest BCUT2D eigenvalue weighted by Crippen LogP contribution is 2.31. The standard InChI is InChI=1S/C18H27NO3S/c1-13(2)23(21,22)12-14-6-8-16(9-7-14)18(20)11-15-4-3-5-17(19)10-15/h3-5,10,13-14,16H,6-9,11-12,19H2,1-2H3. The second-order valence-corrected chi connectivity index (χ2v) is 9.59. The molecular formula is C18H27NO3S. The summed E-state index contributed by atoms with van der Waals surface area (Å²) in [7, 11) is -2.99. The minimum atomic E-state index is -2.99. The van der Waals surface area contributed by atoms with E-state index in [4.69, 9.17) is 5.73 Å². The van der Waals surface area contributed by atoms with Gasteiger partial charge in [-0.3, -0.25) is 4.79 Å². The van der Waals surface area contributed by atoms with Gasteiger partial charge < -0.3 is 5.73 Å². The predicted molar refractivity (Wildman–Crippen MR) is 93.9 cm³/mol. The first-order chi connectivity index (χ1) is 10.8. The zero-order chi connectivity index (χ0) is 17.0. The highest BCUT2D eigenvalue weighted by molar-refractivity contribution is 7.91. The van der Waals surface area contributed by atoms with Crippen molar-refractivity contribution in [3.63, 3.8) is 0 Å². The van der Waals surface area contributed by atoms with E-state index in [9.17, 15) is 13.2 Å². The molecule has 0 unspecified atom stereocenters. The molecule has 0 radical (unpaired) electrons. The topological polar surface area (TPSA) is 77.2 Å². The van der Waals surface area contributed by atoms with Crippen LogP contribution >= 0.6 is 0 Å². The van der Waals surface area contributed by atoms with Crippen LogP contribution in [0.5, 0.6) is 0 Å². The Kier molecular flexibility index (Phi) is 5.84. The van der Waals surface area contributed by atoms with Gasteiger partial charge in [0, 0.05) is 18.0 Å². The van der Waals surface area contributed by atoms with Gasteiger partial charge >= 0.3 is 0 Å². The van der Waals surface area contributed by atoms with Crippen molar-refractivity contribution in [1.29, 1.82) is 0 Å². The Morgan fingerprint density at radius 1 is 1.22 bits per heavy atom. The number of anilines is 1. The number of hydrogen-bond donors (Lipinski definition) is 1. The lowest BCUT2D eigenvalue weighted by Gasteiger charge is -2.28. The van der Waals surface area contributed by atoms with Crippen LogP contribution in [0, 0.1) is 11.8 Å². The third-order valence-corrected chi connectivity index (χ3v) is 7.19. The van der Waals surface area contributed by atoms with Crippen LogP contribution in [0.2, 0.25) is 0 Å². The normalized spacial score (nSPS) is 22.2. The SMILES string of the molecule is CC(C)S(=O)(=O)CC1CCC(C(=O)Cc2cccc(N)c2)CC1. The number of benzene rings is 1. The summed E-state index contributed by atoms with van der Waals surface area (Å²) >= 11 is 0. The number of sulfone groups is 1. The lowest BCUT2D eigenvalue weighted by molar-refractivity contribution is -0.123. The summed E-state index contributed by atoms with van der Waals surface area (Å²) in [5, 5.41) is -0.314. The van der Waals surface area contributed by atoms with Crippen molar-refractivity contribution in [2.24, 2.45) is 11.8 Å². The maximum Gasteiger partial charge on any atom is 0.152 e. The maximum atomic E-state index is 12.4. The van der Waals surface area contributed by atoms with Crippen LogP contribution in [0.4, 0.5) is 5.69 Å². The fourth-order valence-electron chi connectivity index (χ4n) is 3.22. The molecular weight excluding hydrogens is 310 g/mol. The number of ketones is 1. The summed E-state index contributed by atoms with van der Waals surface area (Å²) in [6.45, 7) is 3.46. The summed E-state index contributed by atoms with van der Waals surface area (Å²) in [5.74, 6) is 0.787. The second kappa shape index (κ2) is 7.47. The van der Waals surface area contributed by atoms with E-state index in [2.05, 4.69) is 0 Å². The zero-order valence-electron chi connectivity index (χ0n) is 14.0. The van der Waals surface area contributed by atoms with Crippen LogP contribution in [0.1, 0.15) is 45.1 Å². The number of carbonyl (C=O) groups is 1. The van der Waals surface area contributed by atoms with Crippen molar-refractivity contribution in [3.8, 4) is 0 Å². The molecule has 0 atom stereocenters. The van der Waals surface area contributed by atoms with Gasteiger partial charge in [0.25, 0.3) is 0 Å². The third-order valence-electron chi connectivity index (χ3n) is 4.82. The molecule has 1 aliphatic carbocycles. The van der Waals surface area contributed by atoms with Gasteiger partial charge in [0.2, 0.25) is 0 Å². The van der Waals surface area contributed by atoms with Gasteiger partial charge in [-0.05, 0) is 63.1 Å². The number of carbonyl (C=O) groups excluding carboxylic acids is 1. The highest BCUT2D eigenvalue weighted by Gasteiger charge is 2.29. The smallest absolute Gasteiger partial charge is 0.152 e. The van der Waals surface area contributed by atoms with Gasteiger partial charge in [-0.1, -0.05) is 12.1 Å². The molecule has 0 amide bonds. The Bertz CT molecular complexity index is 644. The second-order valence-electron chi connectivity index (χ2n) is 6.98. The number of nitrogens with two attached hydrogens (primary N) is 1. The monoisotopic (exact) mass is 337 g/mol. The van der Waals surface area contributed by atoms with E-state index in [1.54, 1.807) is 13.8 Å². The molecule has 1 aliphatic rings. The van der Waals surface area contributed by atoms with Gasteiger partial charge in [-0.25, -0.2) is 8.42 Å². The molecule has 1 aromatic carbocycles. The number of rotatable bonds is 6. The van der Waals surface area contributed by atoms with Crippen LogP contribution in [0.25, 0.3) is 0 Å². The maximum absolute atomic E-state index is 12.4. The van der Waals surface area contributed by atoms with Crippen molar-refractivity contribution in [2.45, 2.75) is 51.2 Å². The van der Waals surface area contributed by atoms with Crippen molar-refractivity contribution in [2.75, 3.05) is 11.5 Å². The molecule has 1 saturated carbocycles. The Morgan fingerprint density at radius 2 is 1.87 bits per heavy atom. The molecule has 0 bridgehead atoms. The van der Waals surface area contributed by atoms with E-state index in [0.717, 1.165) is 31.2 Å². The average Bonchev–Trinajstić information content (AvgIpc) is 2.47.